The number of guanidine groups is 1. The highest BCUT2D eigenvalue weighted by Crippen LogP contribution is 2.25. The third kappa shape index (κ3) is 2.69. The van der Waals surface area contributed by atoms with Gasteiger partial charge in [-0.1, -0.05) is 13.3 Å². The Labute approximate surface area is 126 Å². The summed E-state index contributed by atoms with van der Waals surface area (Å²) in [5.41, 5.74) is 0. The van der Waals surface area contributed by atoms with E-state index in [4.69, 9.17) is 0 Å². The van der Waals surface area contributed by atoms with E-state index in [0.29, 0.717) is 0 Å². The number of rotatable bonds is 5. The first-order valence-corrected chi connectivity index (χ1v) is 7.72. The molecule has 2 atom stereocenters. The van der Waals surface area contributed by atoms with E-state index in [2.05, 4.69) is 40.9 Å². The zero-order valence-electron chi connectivity index (χ0n) is 13.3. The van der Waals surface area contributed by atoms with Crippen molar-refractivity contribution in [1.29, 1.82) is 0 Å². The molecule has 1 N–H and O–H groups in total. The zero-order chi connectivity index (χ0) is 15.6. The van der Waals surface area contributed by atoms with Gasteiger partial charge >= 0.3 is 6.03 Å². The number of aliphatic imine (C=N–C) groups is 1. The summed E-state index contributed by atoms with van der Waals surface area (Å²) >= 11 is 0. The molecule has 1 fully saturated rings. The highest BCUT2D eigenvalue weighted by atomic mass is 16.2. The molecule has 2 aliphatic heterocycles. The van der Waals surface area contributed by atoms with E-state index in [0.717, 1.165) is 38.4 Å². The Morgan fingerprint density at radius 2 is 1.90 bits per heavy atom. The average Bonchev–Trinajstić information content (AvgIpc) is 2.84. The van der Waals surface area contributed by atoms with Crippen molar-refractivity contribution >= 4 is 17.9 Å². The lowest BCUT2D eigenvalue weighted by atomic mass is 10.1. The number of imide groups is 1. The standard InChI is InChI=1S/C14H25N5O2/c1-5-8-9-19-10-11(15-13(19)18(6-2)7-3)17(4)14(21)16-12(10)20/h10-11H,5-9H2,1-4H3,(H,16,20,21). The van der Waals surface area contributed by atoms with Gasteiger partial charge in [0, 0.05) is 26.7 Å². The van der Waals surface area contributed by atoms with Gasteiger partial charge < -0.3 is 14.7 Å². The molecule has 2 rings (SSSR count). The molecule has 0 aromatic heterocycles. The summed E-state index contributed by atoms with van der Waals surface area (Å²) in [6, 6.07) is -0.781. The summed E-state index contributed by atoms with van der Waals surface area (Å²) in [6.45, 7) is 8.70. The Balaban J connectivity index is 2.32. The van der Waals surface area contributed by atoms with Crippen LogP contribution in [0.25, 0.3) is 0 Å². The lowest BCUT2D eigenvalue weighted by molar-refractivity contribution is -0.127. The maximum atomic E-state index is 12.3. The van der Waals surface area contributed by atoms with Crippen LogP contribution in [0.1, 0.15) is 33.6 Å². The van der Waals surface area contributed by atoms with Crippen LogP contribution in [0.2, 0.25) is 0 Å². The molecule has 21 heavy (non-hydrogen) atoms. The van der Waals surface area contributed by atoms with E-state index >= 15 is 0 Å². The molecule has 0 aliphatic carbocycles. The molecule has 0 bridgehead atoms. The van der Waals surface area contributed by atoms with Crippen LogP contribution < -0.4 is 5.32 Å². The fourth-order valence-electron chi connectivity index (χ4n) is 2.85. The summed E-state index contributed by atoms with van der Waals surface area (Å²) < 4.78 is 0. The van der Waals surface area contributed by atoms with Gasteiger partial charge in [-0.2, -0.15) is 0 Å². The second-order valence-corrected chi connectivity index (χ2v) is 5.41. The lowest BCUT2D eigenvalue weighted by Gasteiger charge is -2.37. The monoisotopic (exact) mass is 295 g/mol. The van der Waals surface area contributed by atoms with E-state index < -0.39 is 12.2 Å². The first-order chi connectivity index (χ1) is 10.0. The van der Waals surface area contributed by atoms with Crippen LogP contribution in [-0.2, 0) is 4.79 Å². The summed E-state index contributed by atoms with van der Waals surface area (Å²) in [5.74, 6) is 0.588. The van der Waals surface area contributed by atoms with E-state index in [-0.39, 0.29) is 11.9 Å². The number of nitrogens with zero attached hydrogens (tertiary/aromatic N) is 4. The Morgan fingerprint density at radius 1 is 1.24 bits per heavy atom. The van der Waals surface area contributed by atoms with Crippen LogP contribution in [0, 0.1) is 0 Å². The van der Waals surface area contributed by atoms with Crippen LogP contribution in [-0.4, -0.2) is 71.5 Å². The van der Waals surface area contributed by atoms with Crippen LogP contribution in [0.3, 0.4) is 0 Å². The van der Waals surface area contributed by atoms with Gasteiger partial charge in [-0.25, -0.2) is 9.79 Å². The van der Waals surface area contributed by atoms with Crippen molar-refractivity contribution in [3.63, 3.8) is 0 Å². The van der Waals surface area contributed by atoms with Gasteiger partial charge in [0.25, 0.3) is 5.91 Å². The summed E-state index contributed by atoms with van der Waals surface area (Å²) in [4.78, 5) is 34.4. The second kappa shape index (κ2) is 6.32. The highest BCUT2D eigenvalue weighted by Gasteiger charge is 2.49. The van der Waals surface area contributed by atoms with Gasteiger partial charge in [0.2, 0.25) is 0 Å². The Kier molecular flexibility index (Phi) is 4.69. The number of hydrogen-bond donors (Lipinski definition) is 1. The topological polar surface area (TPSA) is 68.2 Å². The van der Waals surface area contributed by atoms with Crippen molar-refractivity contribution in [2.45, 2.75) is 45.8 Å². The smallest absolute Gasteiger partial charge is 0.325 e. The molecule has 0 saturated carbocycles. The van der Waals surface area contributed by atoms with Crippen molar-refractivity contribution in [3.8, 4) is 0 Å². The minimum atomic E-state index is -0.418. The molecular formula is C14H25N5O2. The van der Waals surface area contributed by atoms with Crippen LogP contribution >= 0.6 is 0 Å². The van der Waals surface area contributed by atoms with Crippen molar-refractivity contribution in [3.05, 3.63) is 0 Å². The molecule has 1 saturated heterocycles. The fraction of sp³-hybridized carbons (Fsp3) is 0.786. The number of nitrogens with one attached hydrogen (secondary N) is 1. The van der Waals surface area contributed by atoms with E-state index in [1.807, 2.05) is 0 Å². The number of carbonyl (C=O) groups excluding carboxylic acids is 2. The van der Waals surface area contributed by atoms with Gasteiger partial charge in [-0.3, -0.25) is 10.1 Å². The molecule has 118 valence electrons. The SMILES string of the molecule is CCCCN1C(N(CC)CC)=NC2C1C(=O)NC(=O)N2C. The van der Waals surface area contributed by atoms with Crippen LogP contribution in [0.4, 0.5) is 4.79 Å². The zero-order valence-corrected chi connectivity index (χ0v) is 13.3. The summed E-state index contributed by atoms with van der Waals surface area (Å²) in [7, 11) is 1.69. The van der Waals surface area contributed by atoms with E-state index in [9.17, 15) is 9.59 Å². The molecule has 3 amide bonds. The summed E-state index contributed by atoms with van der Waals surface area (Å²) in [5, 5.41) is 2.42. The van der Waals surface area contributed by atoms with Gasteiger partial charge in [0.1, 0.15) is 0 Å². The molecule has 2 unspecified atom stereocenters. The second-order valence-electron chi connectivity index (χ2n) is 5.41. The number of likely N-dealkylation sites (N-methyl/N-ethyl adjacent to an activating group) is 1. The Hall–Kier alpha value is -1.79. The minimum absolute atomic E-state index is 0.245. The quantitative estimate of drug-likeness (QED) is 0.810. The van der Waals surface area contributed by atoms with Crippen molar-refractivity contribution in [2.24, 2.45) is 4.99 Å². The van der Waals surface area contributed by atoms with E-state index in [1.165, 1.54) is 4.90 Å². The molecule has 0 spiro atoms. The molecule has 7 nitrogen and oxygen atoms in total. The molecule has 2 aliphatic rings. The van der Waals surface area contributed by atoms with Crippen LogP contribution in [0.5, 0.6) is 0 Å². The lowest BCUT2D eigenvalue weighted by Crippen LogP contribution is -2.64. The maximum absolute atomic E-state index is 12.3. The van der Waals surface area contributed by atoms with Crippen molar-refractivity contribution < 1.29 is 9.59 Å². The van der Waals surface area contributed by atoms with Crippen LogP contribution in [0.15, 0.2) is 4.99 Å². The number of amides is 3. The minimum Gasteiger partial charge on any atom is -0.343 e. The predicted octanol–water partition coefficient (Wildman–Crippen LogP) is 0.676. The summed E-state index contributed by atoms with van der Waals surface area (Å²) in [6.07, 6.45) is 1.63. The normalized spacial score (nSPS) is 24.9. The van der Waals surface area contributed by atoms with Crippen molar-refractivity contribution in [2.75, 3.05) is 26.7 Å². The predicted molar refractivity (Wildman–Crippen MR) is 80.8 cm³/mol. The first kappa shape index (κ1) is 15.6. The highest BCUT2D eigenvalue weighted by molar-refractivity contribution is 6.03. The first-order valence-electron chi connectivity index (χ1n) is 7.72. The third-order valence-electron chi connectivity index (χ3n) is 4.14. The molecule has 0 aromatic carbocycles. The van der Waals surface area contributed by atoms with Gasteiger partial charge in [0.15, 0.2) is 18.2 Å². The van der Waals surface area contributed by atoms with Gasteiger partial charge in [-0.05, 0) is 20.3 Å². The Morgan fingerprint density at radius 3 is 2.48 bits per heavy atom. The third-order valence-corrected chi connectivity index (χ3v) is 4.14. The van der Waals surface area contributed by atoms with Crippen molar-refractivity contribution in [1.82, 2.24) is 20.0 Å². The molecule has 0 radical (unpaired) electrons. The molecule has 2 heterocycles. The average molecular weight is 295 g/mol. The number of urea groups is 1. The van der Waals surface area contributed by atoms with Gasteiger partial charge in [0.05, 0.1) is 0 Å². The molecule has 0 aromatic rings. The fourth-order valence-corrected chi connectivity index (χ4v) is 2.85. The number of carbonyl (C=O) groups is 2. The number of hydrogen-bond acceptors (Lipinski definition) is 5. The largest absolute Gasteiger partial charge is 0.343 e. The Bertz CT molecular complexity index is 447. The molecular weight excluding hydrogens is 270 g/mol. The number of fused-ring (bicyclic) bond motifs is 1. The van der Waals surface area contributed by atoms with Gasteiger partial charge in [-0.15, -0.1) is 0 Å². The molecule has 7 heteroatoms. The maximum Gasteiger partial charge on any atom is 0.325 e. The van der Waals surface area contributed by atoms with E-state index in [1.54, 1.807) is 7.05 Å². The number of unbranched alkanes of at least 4 members (excludes halogenated alkanes) is 1.